The van der Waals surface area contributed by atoms with Crippen molar-refractivity contribution in [1.29, 1.82) is 0 Å². The van der Waals surface area contributed by atoms with Gasteiger partial charge in [-0.1, -0.05) is 0 Å². The standard InChI is InChI=1S/C15H14ClN3O2/c16-8-12(20)9-18-11-5-3-10(4-6-11)15-19-14-13(21-15)2-1-7-17-14/h1-7,12,18,20H,8-9H2. The van der Waals surface area contributed by atoms with Crippen LogP contribution in [0, 0.1) is 0 Å². The summed E-state index contributed by atoms with van der Waals surface area (Å²) in [6.07, 6.45) is 1.12. The first kappa shape index (κ1) is 13.9. The quantitative estimate of drug-likeness (QED) is 0.709. The minimum absolute atomic E-state index is 0.209. The molecule has 1 unspecified atom stereocenters. The molecule has 0 amide bonds. The Labute approximate surface area is 126 Å². The van der Waals surface area contributed by atoms with Gasteiger partial charge in [-0.2, -0.15) is 4.98 Å². The van der Waals surface area contributed by atoms with Crippen LogP contribution < -0.4 is 5.32 Å². The summed E-state index contributed by atoms with van der Waals surface area (Å²) in [4.78, 5) is 8.49. The van der Waals surface area contributed by atoms with Crippen molar-refractivity contribution in [3.63, 3.8) is 0 Å². The maximum Gasteiger partial charge on any atom is 0.228 e. The number of aromatic nitrogens is 2. The molecule has 0 bridgehead atoms. The molecule has 6 heteroatoms. The third kappa shape index (κ3) is 3.15. The molecule has 1 aromatic carbocycles. The van der Waals surface area contributed by atoms with Crippen LogP contribution in [-0.4, -0.2) is 33.6 Å². The van der Waals surface area contributed by atoms with Gasteiger partial charge in [0.25, 0.3) is 0 Å². The first-order valence-corrected chi connectivity index (χ1v) is 7.09. The maximum atomic E-state index is 9.41. The van der Waals surface area contributed by atoms with Crippen molar-refractivity contribution in [2.75, 3.05) is 17.7 Å². The Morgan fingerprint density at radius 3 is 2.76 bits per heavy atom. The van der Waals surface area contributed by atoms with Gasteiger partial charge in [0.1, 0.15) is 0 Å². The minimum atomic E-state index is -0.561. The highest BCUT2D eigenvalue weighted by Gasteiger charge is 2.08. The van der Waals surface area contributed by atoms with Crippen LogP contribution in [0.1, 0.15) is 0 Å². The third-order valence-electron chi connectivity index (χ3n) is 3.02. The van der Waals surface area contributed by atoms with Crippen molar-refractivity contribution in [3.8, 4) is 11.5 Å². The van der Waals surface area contributed by atoms with Gasteiger partial charge in [-0.15, -0.1) is 11.6 Å². The zero-order chi connectivity index (χ0) is 14.7. The van der Waals surface area contributed by atoms with Crippen molar-refractivity contribution in [2.45, 2.75) is 6.10 Å². The summed E-state index contributed by atoms with van der Waals surface area (Å²) in [5.74, 6) is 0.747. The number of benzene rings is 1. The maximum absolute atomic E-state index is 9.41. The summed E-state index contributed by atoms with van der Waals surface area (Å²) >= 11 is 5.55. The lowest BCUT2D eigenvalue weighted by Gasteiger charge is -2.09. The highest BCUT2D eigenvalue weighted by Crippen LogP contribution is 2.24. The predicted molar refractivity (Wildman–Crippen MR) is 82.5 cm³/mol. The molecule has 0 aliphatic heterocycles. The number of rotatable bonds is 5. The largest absolute Gasteiger partial charge is 0.434 e. The number of nitrogens with one attached hydrogen (secondary N) is 1. The second kappa shape index (κ2) is 6.11. The molecule has 0 aliphatic rings. The zero-order valence-electron chi connectivity index (χ0n) is 11.2. The number of aliphatic hydroxyl groups is 1. The molecule has 0 spiro atoms. The second-order valence-electron chi connectivity index (χ2n) is 4.61. The van der Waals surface area contributed by atoms with Crippen molar-refractivity contribution in [2.24, 2.45) is 0 Å². The number of alkyl halides is 1. The number of fused-ring (bicyclic) bond motifs is 1. The molecule has 0 saturated carbocycles. The average Bonchev–Trinajstić information content (AvgIpc) is 2.97. The van der Waals surface area contributed by atoms with Gasteiger partial charge in [-0.3, -0.25) is 0 Å². The first-order chi connectivity index (χ1) is 10.3. The fourth-order valence-corrected chi connectivity index (χ4v) is 2.02. The molecule has 0 aliphatic carbocycles. The third-order valence-corrected chi connectivity index (χ3v) is 3.37. The van der Waals surface area contributed by atoms with E-state index in [-0.39, 0.29) is 5.88 Å². The lowest BCUT2D eigenvalue weighted by molar-refractivity contribution is 0.211. The number of pyridine rings is 1. The number of hydrogen-bond donors (Lipinski definition) is 2. The molecule has 3 aromatic rings. The molecule has 5 nitrogen and oxygen atoms in total. The van der Waals surface area contributed by atoms with Gasteiger partial charge < -0.3 is 14.8 Å². The SMILES string of the molecule is OC(CCl)CNc1ccc(-c2nc3ncccc3o2)cc1. The Balaban J connectivity index is 1.77. The van der Waals surface area contributed by atoms with E-state index in [1.54, 1.807) is 6.20 Å². The van der Waals surface area contributed by atoms with E-state index in [4.69, 9.17) is 16.0 Å². The fraction of sp³-hybridized carbons (Fsp3) is 0.200. The van der Waals surface area contributed by atoms with Gasteiger partial charge in [-0.05, 0) is 36.4 Å². The van der Waals surface area contributed by atoms with Crippen LogP contribution >= 0.6 is 11.6 Å². The van der Waals surface area contributed by atoms with Crippen LogP contribution in [0.25, 0.3) is 22.7 Å². The number of anilines is 1. The summed E-state index contributed by atoms with van der Waals surface area (Å²) in [7, 11) is 0. The molecular weight excluding hydrogens is 290 g/mol. The summed E-state index contributed by atoms with van der Waals surface area (Å²) in [5.41, 5.74) is 3.04. The van der Waals surface area contributed by atoms with Gasteiger partial charge in [0, 0.05) is 24.0 Å². The molecule has 0 radical (unpaired) electrons. The minimum Gasteiger partial charge on any atom is -0.434 e. The van der Waals surface area contributed by atoms with Crippen molar-refractivity contribution in [3.05, 3.63) is 42.6 Å². The van der Waals surface area contributed by atoms with Gasteiger partial charge in [0.05, 0.1) is 12.0 Å². The van der Waals surface area contributed by atoms with Gasteiger partial charge >= 0.3 is 0 Å². The molecular formula is C15H14ClN3O2. The number of nitrogens with zero attached hydrogens (tertiary/aromatic N) is 2. The molecule has 0 fully saturated rings. The van der Waals surface area contributed by atoms with Gasteiger partial charge in [0.2, 0.25) is 5.89 Å². The molecule has 2 N–H and O–H groups in total. The average molecular weight is 304 g/mol. The van der Waals surface area contributed by atoms with Crippen molar-refractivity contribution in [1.82, 2.24) is 9.97 Å². The summed E-state index contributed by atoms with van der Waals surface area (Å²) in [5, 5.41) is 12.5. The Morgan fingerprint density at radius 2 is 2.05 bits per heavy atom. The highest BCUT2D eigenvalue weighted by molar-refractivity contribution is 6.18. The van der Waals surface area contributed by atoms with Gasteiger partial charge in [-0.25, -0.2) is 4.98 Å². The van der Waals surface area contributed by atoms with E-state index in [1.807, 2.05) is 36.4 Å². The smallest absolute Gasteiger partial charge is 0.228 e. The molecule has 2 aromatic heterocycles. The van der Waals surface area contributed by atoms with Crippen LogP contribution in [0.5, 0.6) is 0 Å². The van der Waals surface area contributed by atoms with Crippen molar-refractivity contribution < 1.29 is 9.52 Å². The Bertz CT molecular complexity index is 694. The second-order valence-corrected chi connectivity index (χ2v) is 4.92. The van der Waals surface area contributed by atoms with E-state index >= 15 is 0 Å². The number of hydrogen-bond acceptors (Lipinski definition) is 5. The zero-order valence-corrected chi connectivity index (χ0v) is 11.9. The van der Waals surface area contributed by atoms with E-state index in [2.05, 4.69) is 15.3 Å². The number of aliphatic hydroxyl groups excluding tert-OH is 1. The highest BCUT2D eigenvalue weighted by atomic mass is 35.5. The Morgan fingerprint density at radius 1 is 1.24 bits per heavy atom. The monoisotopic (exact) mass is 303 g/mol. The predicted octanol–water partition coefficient (Wildman–Crippen LogP) is 2.90. The lowest BCUT2D eigenvalue weighted by Crippen LogP contribution is -2.20. The first-order valence-electron chi connectivity index (χ1n) is 6.56. The van der Waals surface area contributed by atoms with Crippen LogP contribution in [0.3, 0.4) is 0 Å². The molecule has 21 heavy (non-hydrogen) atoms. The van der Waals surface area contributed by atoms with E-state index in [9.17, 15) is 5.11 Å². The van der Waals surface area contributed by atoms with Crippen LogP contribution in [-0.2, 0) is 0 Å². The molecule has 3 rings (SSSR count). The summed E-state index contributed by atoms with van der Waals surface area (Å²) < 4.78 is 5.66. The Kier molecular flexibility index (Phi) is 4.03. The molecule has 0 saturated heterocycles. The molecule has 108 valence electrons. The molecule has 2 heterocycles. The summed E-state index contributed by atoms with van der Waals surface area (Å²) in [6.45, 7) is 0.412. The van der Waals surface area contributed by atoms with Crippen LogP contribution in [0.4, 0.5) is 5.69 Å². The van der Waals surface area contributed by atoms with E-state index in [0.29, 0.717) is 23.7 Å². The Hall–Kier alpha value is -2.11. The van der Waals surface area contributed by atoms with Crippen molar-refractivity contribution >= 4 is 28.5 Å². The lowest BCUT2D eigenvalue weighted by atomic mass is 10.2. The van der Waals surface area contributed by atoms with E-state index < -0.39 is 6.10 Å². The molecule has 1 atom stereocenters. The van der Waals surface area contributed by atoms with E-state index in [0.717, 1.165) is 11.3 Å². The van der Waals surface area contributed by atoms with Gasteiger partial charge in [0.15, 0.2) is 11.2 Å². The number of oxazole rings is 1. The fourth-order valence-electron chi connectivity index (χ4n) is 1.91. The topological polar surface area (TPSA) is 71.2 Å². The summed E-state index contributed by atoms with van der Waals surface area (Å²) in [6, 6.07) is 11.3. The van der Waals surface area contributed by atoms with Crippen LogP contribution in [0.2, 0.25) is 0 Å². The van der Waals surface area contributed by atoms with Crippen LogP contribution in [0.15, 0.2) is 47.0 Å². The normalized spacial score (nSPS) is 12.5. The number of halogens is 1. The van der Waals surface area contributed by atoms with E-state index in [1.165, 1.54) is 0 Å².